The molecule has 114 valence electrons. The molecule has 0 aromatic rings. The van der Waals surface area contributed by atoms with Crippen LogP contribution in [-0.4, -0.2) is 37.1 Å². The van der Waals surface area contributed by atoms with Crippen LogP contribution in [0.25, 0.3) is 0 Å². The molecule has 0 radical (unpaired) electrons. The van der Waals surface area contributed by atoms with E-state index < -0.39 is 0 Å². The molecule has 0 aromatic heterocycles. The molecule has 3 nitrogen and oxygen atoms in total. The lowest BCUT2D eigenvalue weighted by Crippen LogP contribution is -2.34. The third-order valence-electron chi connectivity index (χ3n) is 3.16. The molecule has 0 rings (SSSR count). The van der Waals surface area contributed by atoms with Crippen molar-refractivity contribution in [1.82, 2.24) is 4.90 Å². The average Bonchev–Trinajstić information content (AvgIpc) is 2.32. The Morgan fingerprint density at radius 1 is 1.05 bits per heavy atom. The van der Waals surface area contributed by atoms with Crippen LogP contribution in [0.4, 0.5) is 0 Å². The number of rotatable bonds is 11. The molecule has 0 aliphatic heterocycles. The summed E-state index contributed by atoms with van der Waals surface area (Å²) in [5.41, 5.74) is 0. The van der Waals surface area contributed by atoms with E-state index in [2.05, 4.69) is 39.5 Å². The van der Waals surface area contributed by atoms with Crippen molar-refractivity contribution in [1.29, 1.82) is 0 Å². The number of nitrogens with zero attached hydrogens (tertiary/aromatic N) is 1. The summed E-state index contributed by atoms with van der Waals surface area (Å²) in [4.78, 5) is 14.0. The number of carbonyl (C=O) groups is 1. The van der Waals surface area contributed by atoms with Gasteiger partial charge in [0.1, 0.15) is 0 Å². The predicted molar refractivity (Wildman–Crippen MR) is 81.2 cm³/mol. The van der Waals surface area contributed by atoms with Crippen LogP contribution < -0.4 is 0 Å². The van der Waals surface area contributed by atoms with Crippen LogP contribution in [0.3, 0.4) is 0 Å². The highest BCUT2D eigenvalue weighted by Crippen LogP contribution is 2.06. The van der Waals surface area contributed by atoms with E-state index in [1.807, 2.05) is 0 Å². The SMILES string of the molecule is CCCCOC(=O)CN(CCC(C)C)CCC(C)C. The molecular formula is C16H33NO2. The minimum Gasteiger partial charge on any atom is -0.465 e. The van der Waals surface area contributed by atoms with E-state index in [1.165, 1.54) is 0 Å². The van der Waals surface area contributed by atoms with E-state index in [0.717, 1.165) is 38.8 Å². The third kappa shape index (κ3) is 12.2. The summed E-state index contributed by atoms with van der Waals surface area (Å²) in [7, 11) is 0. The van der Waals surface area contributed by atoms with Crippen molar-refractivity contribution in [3.8, 4) is 0 Å². The summed E-state index contributed by atoms with van der Waals surface area (Å²) in [5.74, 6) is 1.29. The zero-order valence-corrected chi connectivity index (χ0v) is 13.6. The number of esters is 1. The molecule has 0 amide bonds. The van der Waals surface area contributed by atoms with E-state index in [9.17, 15) is 4.79 Å². The van der Waals surface area contributed by atoms with Crippen LogP contribution >= 0.6 is 0 Å². The maximum Gasteiger partial charge on any atom is 0.320 e. The largest absolute Gasteiger partial charge is 0.465 e. The minimum absolute atomic E-state index is 0.0686. The number of carbonyl (C=O) groups excluding carboxylic acids is 1. The molecule has 3 heteroatoms. The Bertz CT molecular complexity index is 215. The second-order valence-electron chi connectivity index (χ2n) is 6.22. The van der Waals surface area contributed by atoms with Gasteiger partial charge in [0.25, 0.3) is 0 Å². The van der Waals surface area contributed by atoms with Crippen LogP contribution in [0.15, 0.2) is 0 Å². The molecule has 0 saturated heterocycles. The van der Waals surface area contributed by atoms with Gasteiger partial charge in [-0.05, 0) is 44.2 Å². The van der Waals surface area contributed by atoms with Gasteiger partial charge in [-0.2, -0.15) is 0 Å². The fourth-order valence-corrected chi connectivity index (χ4v) is 1.71. The first-order chi connectivity index (χ1) is 8.95. The summed E-state index contributed by atoms with van der Waals surface area (Å²) in [6.45, 7) is 14.0. The van der Waals surface area contributed by atoms with E-state index in [1.54, 1.807) is 0 Å². The fraction of sp³-hybridized carbons (Fsp3) is 0.938. The van der Waals surface area contributed by atoms with Crippen molar-refractivity contribution in [3.63, 3.8) is 0 Å². The van der Waals surface area contributed by atoms with Gasteiger partial charge in [0, 0.05) is 0 Å². The van der Waals surface area contributed by atoms with Crippen molar-refractivity contribution in [3.05, 3.63) is 0 Å². The maximum atomic E-state index is 11.8. The van der Waals surface area contributed by atoms with Gasteiger partial charge >= 0.3 is 5.97 Å². The van der Waals surface area contributed by atoms with E-state index >= 15 is 0 Å². The van der Waals surface area contributed by atoms with Gasteiger partial charge in [-0.25, -0.2) is 0 Å². The zero-order chi connectivity index (χ0) is 14.7. The normalized spacial score (nSPS) is 11.6. The van der Waals surface area contributed by atoms with E-state index in [-0.39, 0.29) is 5.97 Å². The van der Waals surface area contributed by atoms with Crippen molar-refractivity contribution >= 4 is 5.97 Å². The Hall–Kier alpha value is -0.570. The smallest absolute Gasteiger partial charge is 0.320 e. The highest BCUT2D eigenvalue weighted by molar-refractivity contribution is 5.71. The zero-order valence-electron chi connectivity index (χ0n) is 13.6. The van der Waals surface area contributed by atoms with Gasteiger partial charge in [0.2, 0.25) is 0 Å². The second-order valence-corrected chi connectivity index (χ2v) is 6.22. The molecule has 0 spiro atoms. The molecule has 0 aliphatic rings. The van der Waals surface area contributed by atoms with Gasteiger partial charge in [0.05, 0.1) is 13.2 Å². The Kier molecular flexibility index (Phi) is 10.9. The summed E-state index contributed by atoms with van der Waals surface area (Å²) in [5, 5.41) is 0. The Morgan fingerprint density at radius 2 is 1.58 bits per heavy atom. The molecule has 0 atom stereocenters. The number of hydrogen-bond donors (Lipinski definition) is 0. The van der Waals surface area contributed by atoms with Crippen LogP contribution in [0.1, 0.15) is 60.3 Å². The van der Waals surface area contributed by atoms with Gasteiger partial charge in [0.15, 0.2) is 0 Å². The van der Waals surface area contributed by atoms with Gasteiger partial charge in [-0.15, -0.1) is 0 Å². The number of unbranched alkanes of at least 4 members (excludes halogenated alkanes) is 1. The van der Waals surface area contributed by atoms with Gasteiger partial charge < -0.3 is 4.74 Å². The lowest BCUT2D eigenvalue weighted by Gasteiger charge is -2.23. The standard InChI is InChI=1S/C16H33NO2/c1-6-7-12-19-16(18)13-17(10-8-14(2)3)11-9-15(4)5/h14-15H,6-13H2,1-5H3. The molecule has 0 aliphatic carbocycles. The maximum absolute atomic E-state index is 11.8. The average molecular weight is 271 g/mol. The van der Waals surface area contributed by atoms with Crippen molar-refractivity contribution in [2.24, 2.45) is 11.8 Å². The molecule has 0 unspecified atom stereocenters. The van der Waals surface area contributed by atoms with Crippen LogP contribution in [-0.2, 0) is 9.53 Å². The highest BCUT2D eigenvalue weighted by atomic mass is 16.5. The Morgan fingerprint density at radius 3 is 2.00 bits per heavy atom. The minimum atomic E-state index is -0.0686. The first-order valence-corrected chi connectivity index (χ1v) is 7.83. The summed E-state index contributed by atoms with van der Waals surface area (Å²) < 4.78 is 5.25. The first kappa shape index (κ1) is 18.4. The predicted octanol–water partition coefficient (Wildman–Crippen LogP) is 3.72. The lowest BCUT2D eigenvalue weighted by molar-refractivity contribution is -0.145. The van der Waals surface area contributed by atoms with Gasteiger partial charge in [-0.3, -0.25) is 9.69 Å². The molecule has 0 saturated carbocycles. The molecule has 0 aromatic carbocycles. The molecule has 0 heterocycles. The topological polar surface area (TPSA) is 29.5 Å². The fourth-order valence-electron chi connectivity index (χ4n) is 1.71. The van der Waals surface area contributed by atoms with E-state index in [0.29, 0.717) is 25.0 Å². The van der Waals surface area contributed by atoms with E-state index in [4.69, 9.17) is 4.74 Å². The monoisotopic (exact) mass is 271 g/mol. The van der Waals surface area contributed by atoms with Crippen LogP contribution in [0.2, 0.25) is 0 Å². The number of ether oxygens (including phenoxy) is 1. The highest BCUT2D eigenvalue weighted by Gasteiger charge is 2.12. The quantitative estimate of drug-likeness (QED) is 0.424. The molecule has 0 bridgehead atoms. The molecule has 19 heavy (non-hydrogen) atoms. The van der Waals surface area contributed by atoms with Crippen molar-refractivity contribution in [2.45, 2.75) is 60.3 Å². The summed E-state index contributed by atoms with van der Waals surface area (Å²) in [6.07, 6.45) is 4.31. The lowest BCUT2D eigenvalue weighted by atomic mass is 10.1. The number of hydrogen-bond acceptors (Lipinski definition) is 3. The Balaban J connectivity index is 4.04. The third-order valence-corrected chi connectivity index (χ3v) is 3.16. The van der Waals surface area contributed by atoms with Crippen molar-refractivity contribution in [2.75, 3.05) is 26.2 Å². The molecular weight excluding hydrogens is 238 g/mol. The van der Waals surface area contributed by atoms with Gasteiger partial charge in [-0.1, -0.05) is 41.0 Å². The first-order valence-electron chi connectivity index (χ1n) is 7.83. The second kappa shape index (κ2) is 11.3. The van der Waals surface area contributed by atoms with Crippen LogP contribution in [0.5, 0.6) is 0 Å². The molecule has 0 N–H and O–H groups in total. The molecule has 0 fully saturated rings. The summed E-state index contributed by atoms with van der Waals surface area (Å²) in [6, 6.07) is 0. The Labute approximate surface area is 119 Å². The van der Waals surface area contributed by atoms with Crippen LogP contribution in [0, 0.1) is 11.8 Å². The van der Waals surface area contributed by atoms with Crippen molar-refractivity contribution < 1.29 is 9.53 Å². The summed E-state index contributed by atoms with van der Waals surface area (Å²) >= 11 is 0.